The van der Waals surface area contributed by atoms with Crippen molar-refractivity contribution in [1.82, 2.24) is 14.8 Å². The summed E-state index contributed by atoms with van der Waals surface area (Å²) in [7, 11) is -1.05. The largest absolute Gasteiger partial charge is 0.360 e. The van der Waals surface area contributed by atoms with E-state index in [1.54, 1.807) is 16.8 Å². The van der Waals surface area contributed by atoms with Gasteiger partial charge in [-0.3, -0.25) is 0 Å². The second-order valence-electron chi connectivity index (χ2n) is 6.09. The fourth-order valence-corrected chi connectivity index (χ4v) is 2.95. The van der Waals surface area contributed by atoms with Crippen molar-refractivity contribution < 1.29 is 4.74 Å². The van der Waals surface area contributed by atoms with Crippen molar-refractivity contribution in [2.75, 3.05) is 6.61 Å². The maximum Gasteiger partial charge on any atom is 0.139 e. The number of rotatable bonds is 6. The molecular weight excluding hydrogens is 325 g/mol. The summed E-state index contributed by atoms with van der Waals surface area (Å²) in [6, 6.07) is 6.54. The van der Waals surface area contributed by atoms with Crippen LogP contribution in [0.25, 0.3) is 11.3 Å². The molecule has 0 aliphatic carbocycles. The molecule has 0 aliphatic heterocycles. The van der Waals surface area contributed by atoms with Crippen LogP contribution in [-0.2, 0) is 11.5 Å². The standard InChI is InChI=1S/C14H19Cl2N3OSi/c1-21(2,3)7-6-20-10-19-5-4-12(18-19)11-8-13(15)17-14(16)9-11/h4-5,8-9H,6-7,10H2,1-3H3. The van der Waals surface area contributed by atoms with E-state index in [0.29, 0.717) is 17.0 Å². The predicted molar refractivity (Wildman–Crippen MR) is 89.6 cm³/mol. The molecule has 2 aromatic rings. The van der Waals surface area contributed by atoms with E-state index < -0.39 is 8.07 Å². The molecule has 0 aliphatic rings. The third-order valence-corrected chi connectivity index (χ3v) is 5.01. The maximum absolute atomic E-state index is 5.90. The zero-order chi connectivity index (χ0) is 15.5. The summed E-state index contributed by atoms with van der Waals surface area (Å²) in [6.45, 7) is 8.23. The number of halogens is 2. The minimum absolute atomic E-state index is 0.360. The van der Waals surface area contributed by atoms with Crippen LogP contribution in [0.1, 0.15) is 0 Å². The van der Waals surface area contributed by atoms with Crippen LogP contribution >= 0.6 is 23.2 Å². The lowest BCUT2D eigenvalue weighted by Gasteiger charge is -2.15. The van der Waals surface area contributed by atoms with E-state index in [1.165, 1.54) is 0 Å². The molecule has 0 saturated carbocycles. The highest BCUT2D eigenvalue weighted by Gasteiger charge is 2.12. The van der Waals surface area contributed by atoms with Gasteiger partial charge in [-0.1, -0.05) is 42.8 Å². The van der Waals surface area contributed by atoms with Crippen molar-refractivity contribution in [3.63, 3.8) is 0 Å². The van der Waals surface area contributed by atoms with Gasteiger partial charge in [-0.25, -0.2) is 9.67 Å². The van der Waals surface area contributed by atoms with Crippen LogP contribution < -0.4 is 0 Å². The van der Waals surface area contributed by atoms with Gasteiger partial charge >= 0.3 is 0 Å². The van der Waals surface area contributed by atoms with E-state index in [-0.39, 0.29) is 0 Å². The van der Waals surface area contributed by atoms with E-state index in [0.717, 1.165) is 23.9 Å². The smallest absolute Gasteiger partial charge is 0.139 e. The minimum Gasteiger partial charge on any atom is -0.360 e. The molecule has 0 N–H and O–H groups in total. The first-order valence-electron chi connectivity index (χ1n) is 6.78. The molecule has 114 valence electrons. The summed E-state index contributed by atoms with van der Waals surface area (Å²) < 4.78 is 7.43. The molecule has 7 heteroatoms. The van der Waals surface area contributed by atoms with Crippen molar-refractivity contribution in [2.24, 2.45) is 0 Å². The van der Waals surface area contributed by atoms with Gasteiger partial charge in [0.05, 0.1) is 5.69 Å². The Labute approximate surface area is 136 Å². The second kappa shape index (κ2) is 6.92. The molecule has 0 radical (unpaired) electrons. The number of aromatic nitrogens is 3. The fraction of sp³-hybridized carbons (Fsp3) is 0.429. The fourth-order valence-electron chi connectivity index (χ4n) is 1.74. The third-order valence-electron chi connectivity index (χ3n) is 2.92. The maximum atomic E-state index is 5.90. The van der Waals surface area contributed by atoms with E-state index in [1.807, 2.05) is 12.3 Å². The van der Waals surface area contributed by atoms with Crippen LogP contribution in [0.4, 0.5) is 0 Å². The van der Waals surface area contributed by atoms with Crippen molar-refractivity contribution in [3.8, 4) is 11.3 Å². The first kappa shape index (κ1) is 16.5. The molecule has 2 rings (SSSR count). The number of ether oxygens (including phenoxy) is 1. The molecule has 2 aromatic heterocycles. The van der Waals surface area contributed by atoms with E-state index in [9.17, 15) is 0 Å². The van der Waals surface area contributed by atoms with Crippen LogP contribution in [0, 0.1) is 0 Å². The molecule has 2 heterocycles. The van der Waals surface area contributed by atoms with Crippen LogP contribution in [0.5, 0.6) is 0 Å². The molecule has 0 fully saturated rings. The lowest BCUT2D eigenvalue weighted by atomic mass is 10.2. The van der Waals surface area contributed by atoms with Gasteiger partial charge in [-0.2, -0.15) is 5.10 Å². The van der Waals surface area contributed by atoms with Crippen molar-refractivity contribution in [2.45, 2.75) is 32.4 Å². The van der Waals surface area contributed by atoms with Gasteiger partial charge < -0.3 is 4.74 Å². The number of hydrogen-bond donors (Lipinski definition) is 0. The van der Waals surface area contributed by atoms with E-state index >= 15 is 0 Å². The van der Waals surface area contributed by atoms with Gasteiger partial charge in [0.15, 0.2) is 0 Å². The average Bonchev–Trinajstić information content (AvgIpc) is 2.81. The quantitative estimate of drug-likeness (QED) is 0.438. The zero-order valence-corrected chi connectivity index (χ0v) is 14.9. The Morgan fingerprint density at radius 3 is 2.48 bits per heavy atom. The van der Waals surface area contributed by atoms with Gasteiger partial charge in [-0.15, -0.1) is 0 Å². The molecule has 0 spiro atoms. The summed E-state index contributed by atoms with van der Waals surface area (Å²) >= 11 is 11.8. The van der Waals surface area contributed by atoms with Gasteiger partial charge in [-0.05, 0) is 24.2 Å². The SMILES string of the molecule is C[Si](C)(C)CCOCn1ccc(-c2cc(Cl)nc(Cl)c2)n1. The van der Waals surface area contributed by atoms with Gasteiger partial charge in [0.25, 0.3) is 0 Å². The average molecular weight is 344 g/mol. The monoisotopic (exact) mass is 343 g/mol. The van der Waals surface area contributed by atoms with Gasteiger partial charge in [0.1, 0.15) is 17.0 Å². The summed E-state index contributed by atoms with van der Waals surface area (Å²) in [5.41, 5.74) is 1.65. The van der Waals surface area contributed by atoms with Crippen molar-refractivity contribution in [1.29, 1.82) is 0 Å². The first-order valence-corrected chi connectivity index (χ1v) is 11.2. The van der Waals surface area contributed by atoms with Crippen molar-refractivity contribution >= 4 is 31.3 Å². The van der Waals surface area contributed by atoms with Crippen molar-refractivity contribution in [3.05, 3.63) is 34.7 Å². The Bertz CT molecular complexity index is 590. The highest BCUT2D eigenvalue weighted by Crippen LogP contribution is 2.23. The summed E-state index contributed by atoms with van der Waals surface area (Å²) in [5.74, 6) is 0. The Morgan fingerprint density at radius 1 is 1.19 bits per heavy atom. The summed E-state index contributed by atoms with van der Waals surface area (Å²) in [5, 5.41) is 5.17. The molecule has 4 nitrogen and oxygen atoms in total. The van der Waals surface area contributed by atoms with Crippen LogP contribution in [0.15, 0.2) is 24.4 Å². The molecule has 0 saturated heterocycles. The highest BCUT2D eigenvalue weighted by molar-refractivity contribution is 6.76. The van der Waals surface area contributed by atoms with E-state index in [4.69, 9.17) is 27.9 Å². The summed E-state index contributed by atoms with van der Waals surface area (Å²) in [6.07, 6.45) is 1.88. The first-order chi connectivity index (χ1) is 9.83. The van der Waals surface area contributed by atoms with Crippen LogP contribution in [0.2, 0.25) is 36.0 Å². The Hall–Kier alpha value is -0.883. The van der Waals surface area contributed by atoms with Gasteiger partial charge in [0.2, 0.25) is 0 Å². The van der Waals surface area contributed by atoms with Crippen LogP contribution in [0.3, 0.4) is 0 Å². The predicted octanol–water partition coefficient (Wildman–Crippen LogP) is 4.56. The lowest BCUT2D eigenvalue weighted by Crippen LogP contribution is -2.22. The second-order valence-corrected chi connectivity index (χ2v) is 12.5. The Kier molecular flexibility index (Phi) is 5.43. The number of nitrogens with zero attached hydrogens (tertiary/aromatic N) is 3. The molecule has 0 amide bonds. The molecule has 0 unspecified atom stereocenters. The normalized spacial score (nSPS) is 11.9. The summed E-state index contributed by atoms with van der Waals surface area (Å²) in [4.78, 5) is 3.93. The molecule has 0 aromatic carbocycles. The number of hydrogen-bond acceptors (Lipinski definition) is 3. The Balaban J connectivity index is 1.95. The topological polar surface area (TPSA) is 39.9 Å². The molecular formula is C14H19Cl2N3OSi. The van der Waals surface area contributed by atoms with Gasteiger partial charge in [0, 0.05) is 26.4 Å². The van der Waals surface area contributed by atoms with E-state index in [2.05, 4.69) is 29.7 Å². The Morgan fingerprint density at radius 2 is 1.86 bits per heavy atom. The highest BCUT2D eigenvalue weighted by atomic mass is 35.5. The molecule has 21 heavy (non-hydrogen) atoms. The molecule has 0 bridgehead atoms. The zero-order valence-electron chi connectivity index (χ0n) is 12.4. The minimum atomic E-state index is -1.05. The van der Waals surface area contributed by atoms with Crippen LogP contribution in [-0.4, -0.2) is 29.4 Å². The molecule has 0 atom stereocenters. The lowest BCUT2D eigenvalue weighted by molar-refractivity contribution is 0.0787. The third kappa shape index (κ3) is 5.43. The number of pyridine rings is 1.